The van der Waals surface area contributed by atoms with Gasteiger partial charge in [-0.25, -0.2) is 4.39 Å². The first kappa shape index (κ1) is 22.5. The van der Waals surface area contributed by atoms with Gasteiger partial charge in [-0.05, 0) is 72.9 Å². The monoisotopic (exact) mass is 445 g/mol. The number of hydrogen-bond donors (Lipinski definition) is 2. The van der Waals surface area contributed by atoms with Crippen LogP contribution in [0.15, 0.2) is 66.7 Å². The number of aryl methyl sites for hydroxylation is 1. The Labute approximate surface area is 193 Å². The van der Waals surface area contributed by atoms with Gasteiger partial charge >= 0.3 is 0 Å². The number of hydrogen-bond acceptors (Lipinski definition) is 3. The molecule has 4 rings (SSSR count). The summed E-state index contributed by atoms with van der Waals surface area (Å²) in [5.41, 5.74) is 4.48. The van der Waals surface area contributed by atoms with Crippen LogP contribution in [0.2, 0.25) is 0 Å². The molecule has 1 saturated heterocycles. The topological polar surface area (TPSA) is 61.4 Å². The van der Waals surface area contributed by atoms with E-state index in [9.17, 15) is 14.0 Å². The first-order valence-corrected chi connectivity index (χ1v) is 11.4. The van der Waals surface area contributed by atoms with Crippen LogP contribution in [0.3, 0.4) is 0 Å². The van der Waals surface area contributed by atoms with Gasteiger partial charge in [0.05, 0.1) is 5.56 Å². The quantitative estimate of drug-likeness (QED) is 0.527. The first-order chi connectivity index (χ1) is 16.0. The highest BCUT2D eigenvalue weighted by Gasteiger charge is 2.20. The number of nitrogens with one attached hydrogen (secondary N) is 2. The van der Waals surface area contributed by atoms with E-state index in [1.54, 1.807) is 18.2 Å². The van der Waals surface area contributed by atoms with Gasteiger partial charge in [0.2, 0.25) is 0 Å². The van der Waals surface area contributed by atoms with Crippen molar-refractivity contribution in [3.8, 4) is 0 Å². The number of benzene rings is 3. The molecule has 0 aliphatic carbocycles. The Bertz CT molecular complexity index is 1120. The molecule has 0 atom stereocenters. The molecule has 170 valence electrons. The van der Waals surface area contributed by atoms with Crippen molar-refractivity contribution < 1.29 is 14.0 Å². The molecule has 0 aromatic heterocycles. The fraction of sp³-hybridized carbons (Fsp3) is 0.259. The lowest BCUT2D eigenvalue weighted by Gasteiger charge is -2.22. The zero-order valence-corrected chi connectivity index (χ0v) is 18.7. The van der Waals surface area contributed by atoms with Gasteiger partial charge in [-0.3, -0.25) is 9.59 Å². The minimum Gasteiger partial charge on any atom is -0.371 e. The Balaban J connectivity index is 1.53. The number of nitrogens with zero attached hydrogens (tertiary/aromatic N) is 1. The third-order valence-electron chi connectivity index (χ3n) is 5.94. The summed E-state index contributed by atoms with van der Waals surface area (Å²) in [5, 5.41) is 5.83. The molecule has 0 radical (unpaired) electrons. The molecular formula is C27H28FN3O2. The third kappa shape index (κ3) is 5.58. The molecule has 3 aromatic carbocycles. The van der Waals surface area contributed by atoms with Crippen LogP contribution in [0.4, 0.5) is 15.8 Å². The van der Waals surface area contributed by atoms with Crippen molar-refractivity contribution in [1.82, 2.24) is 5.32 Å². The van der Waals surface area contributed by atoms with Gasteiger partial charge in [0, 0.05) is 36.6 Å². The van der Waals surface area contributed by atoms with E-state index in [2.05, 4.69) is 22.5 Å². The van der Waals surface area contributed by atoms with Crippen molar-refractivity contribution >= 4 is 23.2 Å². The van der Waals surface area contributed by atoms with Crippen molar-refractivity contribution in [3.05, 3.63) is 94.8 Å². The van der Waals surface area contributed by atoms with E-state index in [4.69, 9.17) is 0 Å². The van der Waals surface area contributed by atoms with E-state index in [1.165, 1.54) is 17.7 Å². The number of carbonyl (C=O) groups is 2. The van der Waals surface area contributed by atoms with Crippen molar-refractivity contribution in [1.29, 1.82) is 0 Å². The highest BCUT2D eigenvalue weighted by atomic mass is 19.1. The molecule has 2 amide bonds. The average molecular weight is 446 g/mol. The molecule has 33 heavy (non-hydrogen) atoms. The summed E-state index contributed by atoms with van der Waals surface area (Å²) in [4.78, 5) is 28.0. The largest absolute Gasteiger partial charge is 0.371 e. The van der Waals surface area contributed by atoms with E-state index in [1.807, 2.05) is 36.4 Å². The minimum absolute atomic E-state index is 0.218. The number of anilines is 2. The van der Waals surface area contributed by atoms with Gasteiger partial charge in [0.15, 0.2) is 0 Å². The summed E-state index contributed by atoms with van der Waals surface area (Å²) in [6.45, 7) is 4.15. The summed E-state index contributed by atoms with van der Waals surface area (Å²) in [5.74, 6) is -0.761. The first-order valence-electron chi connectivity index (χ1n) is 11.4. The third-order valence-corrected chi connectivity index (χ3v) is 5.94. The molecule has 1 aliphatic heterocycles. The van der Waals surface area contributed by atoms with E-state index < -0.39 is 0 Å². The molecule has 1 heterocycles. The second kappa shape index (κ2) is 10.3. The van der Waals surface area contributed by atoms with Crippen LogP contribution >= 0.6 is 0 Å². The van der Waals surface area contributed by atoms with Gasteiger partial charge in [0.1, 0.15) is 5.82 Å². The van der Waals surface area contributed by atoms with E-state index in [0.717, 1.165) is 43.6 Å². The maximum absolute atomic E-state index is 13.2. The lowest BCUT2D eigenvalue weighted by Crippen LogP contribution is -2.27. The standard InChI is InChI=1S/C27H28FN3O2/c1-2-19-5-9-21(10-6-19)26(32)30-23-13-14-25(31-15-3-4-16-31)24(17-23)27(33)29-18-20-7-11-22(28)12-8-20/h5-14,17H,2-4,15-16,18H2,1H3,(H,29,33)(H,30,32). The van der Waals surface area contributed by atoms with E-state index in [-0.39, 0.29) is 17.6 Å². The highest BCUT2D eigenvalue weighted by molar-refractivity contribution is 6.06. The van der Waals surface area contributed by atoms with Gasteiger partial charge in [-0.15, -0.1) is 0 Å². The van der Waals surface area contributed by atoms with Crippen LogP contribution in [0.1, 0.15) is 51.6 Å². The van der Waals surface area contributed by atoms with Crippen LogP contribution in [-0.4, -0.2) is 24.9 Å². The second-order valence-corrected chi connectivity index (χ2v) is 8.24. The highest BCUT2D eigenvalue weighted by Crippen LogP contribution is 2.28. The minimum atomic E-state index is -0.311. The Morgan fingerprint density at radius 3 is 2.21 bits per heavy atom. The SMILES string of the molecule is CCc1ccc(C(=O)Nc2ccc(N3CCCC3)c(C(=O)NCc3ccc(F)cc3)c2)cc1. The van der Waals surface area contributed by atoms with Crippen LogP contribution < -0.4 is 15.5 Å². The van der Waals surface area contributed by atoms with E-state index >= 15 is 0 Å². The average Bonchev–Trinajstić information content (AvgIpc) is 3.38. The molecule has 3 aromatic rings. The number of amides is 2. The second-order valence-electron chi connectivity index (χ2n) is 8.24. The summed E-state index contributed by atoms with van der Waals surface area (Å²) >= 11 is 0. The summed E-state index contributed by atoms with van der Waals surface area (Å²) in [6.07, 6.45) is 3.09. The Morgan fingerprint density at radius 2 is 1.55 bits per heavy atom. The predicted octanol–water partition coefficient (Wildman–Crippen LogP) is 5.17. The lowest BCUT2D eigenvalue weighted by molar-refractivity contribution is 0.0950. The van der Waals surface area contributed by atoms with Crippen molar-refractivity contribution in [2.75, 3.05) is 23.3 Å². The summed E-state index contributed by atoms with van der Waals surface area (Å²) in [6, 6.07) is 19.0. The van der Waals surface area contributed by atoms with Gasteiger partial charge < -0.3 is 15.5 Å². The normalized spacial score (nSPS) is 13.1. The van der Waals surface area contributed by atoms with Crippen molar-refractivity contribution in [2.24, 2.45) is 0 Å². The maximum atomic E-state index is 13.2. The molecule has 1 fully saturated rings. The summed E-state index contributed by atoms with van der Waals surface area (Å²) in [7, 11) is 0. The van der Waals surface area contributed by atoms with Crippen LogP contribution in [0.5, 0.6) is 0 Å². The van der Waals surface area contributed by atoms with Crippen molar-refractivity contribution in [3.63, 3.8) is 0 Å². The molecule has 1 aliphatic rings. The fourth-order valence-electron chi connectivity index (χ4n) is 4.00. The van der Waals surface area contributed by atoms with Crippen LogP contribution in [0.25, 0.3) is 0 Å². The molecule has 0 bridgehead atoms. The predicted molar refractivity (Wildman–Crippen MR) is 129 cm³/mol. The molecule has 2 N–H and O–H groups in total. The van der Waals surface area contributed by atoms with Gasteiger partial charge in [-0.1, -0.05) is 31.2 Å². The summed E-state index contributed by atoms with van der Waals surface area (Å²) < 4.78 is 13.2. The smallest absolute Gasteiger partial charge is 0.255 e. The van der Waals surface area contributed by atoms with Gasteiger partial charge in [0.25, 0.3) is 11.8 Å². The maximum Gasteiger partial charge on any atom is 0.255 e. The Morgan fingerprint density at radius 1 is 0.879 bits per heavy atom. The molecule has 0 unspecified atom stereocenters. The van der Waals surface area contributed by atoms with E-state index in [0.29, 0.717) is 23.4 Å². The molecule has 0 saturated carbocycles. The van der Waals surface area contributed by atoms with Gasteiger partial charge in [-0.2, -0.15) is 0 Å². The Hall–Kier alpha value is -3.67. The molecule has 5 nitrogen and oxygen atoms in total. The fourth-order valence-corrected chi connectivity index (χ4v) is 4.00. The molecular weight excluding hydrogens is 417 g/mol. The zero-order chi connectivity index (χ0) is 23.2. The number of halogens is 1. The number of carbonyl (C=O) groups excluding carboxylic acids is 2. The van der Waals surface area contributed by atoms with Crippen LogP contribution in [0, 0.1) is 5.82 Å². The zero-order valence-electron chi connectivity index (χ0n) is 18.7. The Kier molecular flexibility index (Phi) is 7.03. The molecule has 0 spiro atoms. The van der Waals surface area contributed by atoms with Crippen LogP contribution in [-0.2, 0) is 13.0 Å². The lowest BCUT2D eigenvalue weighted by atomic mass is 10.1. The molecule has 6 heteroatoms. The van der Waals surface area contributed by atoms with Crippen molar-refractivity contribution in [2.45, 2.75) is 32.7 Å². The number of rotatable bonds is 7.